The summed E-state index contributed by atoms with van der Waals surface area (Å²) in [6.07, 6.45) is 25.2. The lowest BCUT2D eigenvalue weighted by Crippen LogP contribution is -2.49. The third-order valence-electron chi connectivity index (χ3n) is 6.32. The van der Waals surface area contributed by atoms with E-state index >= 15 is 0 Å². The Hall–Kier alpha value is -3.52. The molecule has 5 nitrogen and oxygen atoms in total. The Labute approximate surface area is 251 Å². The molecule has 0 unspecified atom stereocenters. The van der Waals surface area contributed by atoms with E-state index in [1.807, 2.05) is 44.5 Å². The second kappa shape index (κ2) is 23.2. The Morgan fingerprint density at radius 2 is 1.66 bits per heavy atom. The van der Waals surface area contributed by atoms with Gasteiger partial charge in [0.25, 0.3) is 5.91 Å². The minimum atomic E-state index is 0.00501. The number of hydrogen-bond donors (Lipinski definition) is 0. The number of nitriles is 1. The van der Waals surface area contributed by atoms with E-state index in [9.17, 15) is 4.79 Å². The van der Waals surface area contributed by atoms with Gasteiger partial charge in [-0.2, -0.15) is 5.26 Å². The number of carbonyl (C=O) groups is 1. The van der Waals surface area contributed by atoms with Crippen molar-refractivity contribution in [1.29, 1.82) is 5.26 Å². The maximum Gasteiger partial charge on any atom is 0.253 e. The number of likely N-dealkylation sites (tertiary alicyclic amines) is 1. The van der Waals surface area contributed by atoms with Crippen LogP contribution in [0.5, 0.6) is 0 Å². The van der Waals surface area contributed by atoms with Gasteiger partial charge in [-0.25, -0.2) is 0 Å². The molecule has 0 radical (unpaired) electrons. The average molecular weight is 559 g/mol. The fraction of sp³-hybridized carbons (Fsp3) is 0.500. The highest BCUT2D eigenvalue weighted by Gasteiger charge is 2.31. The lowest BCUT2D eigenvalue weighted by atomic mass is 9.99. The predicted molar refractivity (Wildman–Crippen MR) is 179 cm³/mol. The first-order valence-corrected chi connectivity index (χ1v) is 15.2. The van der Waals surface area contributed by atoms with Crippen molar-refractivity contribution in [2.45, 2.75) is 93.4 Å². The van der Waals surface area contributed by atoms with E-state index in [4.69, 9.17) is 10.3 Å². The van der Waals surface area contributed by atoms with E-state index in [1.54, 1.807) is 11.9 Å². The molecule has 0 aromatic heterocycles. The summed E-state index contributed by atoms with van der Waals surface area (Å²) in [5.41, 5.74) is 6.25. The summed E-state index contributed by atoms with van der Waals surface area (Å²) in [5, 5.41) is 8.77. The minimum Gasteiger partial charge on any atom is -0.336 e. The maximum absolute atomic E-state index is 12.3. The Morgan fingerprint density at radius 3 is 2.17 bits per heavy atom. The molecular weight excluding hydrogens is 504 g/mol. The van der Waals surface area contributed by atoms with Crippen LogP contribution in [0, 0.1) is 17.2 Å². The van der Waals surface area contributed by atoms with Crippen LogP contribution >= 0.6 is 0 Å². The van der Waals surface area contributed by atoms with Gasteiger partial charge in [0, 0.05) is 43.7 Å². The Kier molecular flexibility index (Phi) is 21.2. The van der Waals surface area contributed by atoms with Crippen molar-refractivity contribution in [3.05, 3.63) is 82.7 Å². The normalized spacial score (nSPS) is 15.8. The third-order valence-corrected chi connectivity index (χ3v) is 6.32. The first-order valence-electron chi connectivity index (χ1n) is 15.2. The van der Waals surface area contributed by atoms with Crippen LogP contribution in [-0.2, 0) is 4.79 Å². The molecule has 0 aliphatic carbocycles. The predicted octanol–water partition coefficient (Wildman–Crippen LogP) is 9.30. The molecule has 1 rings (SSSR count). The van der Waals surface area contributed by atoms with Crippen LogP contribution in [0.15, 0.2) is 92.7 Å². The van der Waals surface area contributed by atoms with Crippen molar-refractivity contribution in [3.8, 4) is 6.07 Å². The van der Waals surface area contributed by atoms with Gasteiger partial charge in [0.05, 0.1) is 17.7 Å². The molecule has 5 heteroatoms. The van der Waals surface area contributed by atoms with E-state index in [0.29, 0.717) is 13.1 Å². The molecule has 0 atom stereocenters. The number of rotatable bonds is 15. The number of aliphatic imine (C=N–C) groups is 2. The standard InChI is InChI=1S/C19H30N2.C17H24N2O/c1-7-11-13-16(5)19(21-14-9-3)18(12-8-2)17(10-4)15-20-6;1-4-6-8-16(10-9-14(3)7-5-2)17(20)19-12-15(11-18)13-19/h8,10,12-15H,7,9,11H2,1-6H3;8-10,15H,3-7,12-13H2,1-2H3/b12-8-,16-13+,17-10+,19-18-,20-15?,21-14?;10-9-,16-8+. The largest absolute Gasteiger partial charge is 0.336 e. The molecule has 0 aromatic rings. The molecule has 224 valence electrons. The van der Waals surface area contributed by atoms with Crippen LogP contribution in [0.4, 0.5) is 0 Å². The Morgan fingerprint density at radius 1 is 1.00 bits per heavy atom. The molecular formula is C36H54N4O. The Bertz CT molecular complexity index is 1100. The molecule has 1 saturated heterocycles. The molecule has 1 aliphatic heterocycles. The van der Waals surface area contributed by atoms with Crippen LogP contribution in [-0.4, -0.2) is 43.4 Å². The van der Waals surface area contributed by atoms with Crippen molar-refractivity contribution in [2.75, 3.05) is 20.1 Å². The molecule has 0 bridgehead atoms. The fourth-order valence-corrected chi connectivity index (χ4v) is 3.99. The zero-order valence-corrected chi connectivity index (χ0v) is 27.0. The van der Waals surface area contributed by atoms with E-state index < -0.39 is 0 Å². The number of unbranched alkanes of at least 4 members (excludes halogenated alkanes) is 2. The molecule has 0 N–H and O–H groups in total. The maximum atomic E-state index is 12.3. The first kappa shape index (κ1) is 37.5. The molecule has 1 fully saturated rings. The number of nitrogens with zero attached hydrogens (tertiary/aromatic N) is 4. The van der Waals surface area contributed by atoms with Gasteiger partial charge in [0.15, 0.2) is 0 Å². The number of amides is 1. The zero-order valence-electron chi connectivity index (χ0n) is 27.0. The van der Waals surface area contributed by atoms with Gasteiger partial charge in [0.1, 0.15) is 0 Å². The van der Waals surface area contributed by atoms with Crippen molar-refractivity contribution in [3.63, 3.8) is 0 Å². The van der Waals surface area contributed by atoms with Crippen LogP contribution in [0.2, 0.25) is 0 Å². The summed E-state index contributed by atoms with van der Waals surface area (Å²) < 4.78 is 0. The van der Waals surface area contributed by atoms with Crippen molar-refractivity contribution >= 4 is 18.3 Å². The second-order valence-corrected chi connectivity index (χ2v) is 10.0. The molecule has 1 heterocycles. The van der Waals surface area contributed by atoms with Gasteiger partial charge in [-0.05, 0) is 63.7 Å². The monoisotopic (exact) mass is 558 g/mol. The molecule has 0 saturated carbocycles. The molecule has 1 aliphatic rings. The van der Waals surface area contributed by atoms with Crippen molar-refractivity contribution in [2.24, 2.45) is 15.9 Å². The molecule has 1 amide bonds. The van der Waals surface area contributed by atoms with Gasteiger partial charge in [-0.1, -0.05) is 95.6 Å². The number of allylic oxidation sites excluding steroid dienone is 10. The molecule has 0 spiro atoms. The highest BCUT2D eigenvalue weighted by molar-refractivity contribution is 5.96. The third kappa shape index (κ3) is 14.6. The van der Waals surface area contributed by atoms with Gasteiger partial charge in [-0.15, -0.1) is 0 Å². The quantitative estimate of drug-likeness (QED) is 0.114. The summed E-state index contributed by atoms with van der Waals surface area (Å²) in [6.45, 7) is 19.8. The summed E-state index contributed by atoms with van der Waals surface area (Å²) in [5.74, 6) is 0.0379. The highest BCUT2D eigenvalue weighted by atomic mass is 16.2. The topological polar surface area (TPSA) is 68.8 Å². The minimum absolute atomic E-state index is 0.00501. The van der Waals surface area contributed by atoms with E-state index in [1.165, 1.54) is 5.57 Å². The molecule has 0 aromatic carbocycles. The SMILES string of the molecule is C=C(/C=C\C(=C/CCC)C(=O)N1CC(C#N)C1)CCC.C\C=C/C(C(/C=NC)=C/C)=C(N=CCC)\C(C)=C\CCC. The fourth-order valence-electron chi connectivity index (χ4n) is 3.99. The van der Waals surface area contributed by atoms with Gasteiger partial charge in [-0.3, -0.25) is 14.8 Å². The van der Waals surface area contributed by atoms with Gasteiger partial charge < -0.3 is 4.90 Å². The smallest absolute Gasteiger partial charge is 0.253 e. The van der Waals surface area contributed by atoms with Crippen LogP contribution < -0.4 is 0 Å². The van der Waals surface area contributed by atoms with Crippen LogP contribution in [0.3, 0.4) is 0 Å². The van der Waals surface area contributed by atoms with Crippen molar-refractivity contribution < 1.29 is 4.79 Å². The van der Waals surface area contributed by atoms with Gasteiger partial charge >= 0.3 is 0 Å². The lowest BCUT2D eigenvalue weighted by molar-refractivity contribution is -0.131. The van der Waals surface area contributed by atoms with Crippen LogP contribution in [0.1, 0.15) is 93.4 Å². The second-order valence-electron chi connectivity index (χ2n) is 10.0. The Balaban J connectivity index is 0.000000781. The summed E-state index contributed by atoms with van der Waals surface area (Å²) >= 11 is 0. The average Bonchev–Trinajstić information content (AvgIpc) is 2.94. The summed E-state index contributed by atoms with van der Waals surface area (Å²) in [6, 6.07) is 2.19. The molecule has 41 heavy (non-hydrogen) atoms. The summed E-state index contributed by atoms with van der Waals surface area (Å²) in [4.78, 5) is 22.9. The summed E-state index contributed by atoms with van der Waals surface area (Å²) in [7, 11) is 1.80. The van der Waals surface area contributed by atoms with E-state index in [-0.39, 0.29) is 11.8 Å². The van der Waals surface area contributed by atoms with E-state index in [2.05, 4.69) is 76.6 Å². The van der Waals surface area contributed by atoms with Crippen LogP contribution in [0.25, 0.3) is 0 Å². The number of hydrogen-bond acceptors (Lipinski definition) is 4. The zero-order chi connectivity index (χ0) is 31.0. The first-order chi connectivity index (χ1) is 19.8. The highest BCUT2D eigenvalue weighted by Crippen LogP contribution is 2.24. The van der Waals surface area contributed by atoms with Crippen molar-refractivity contribution in [1.82, 2.24) is 4.90 Å². The number of carbonyl (C=O) groups excluding carboxylic acids is 1. The van der Waals surface area contributed by atoms with Gasteiger partial charge in [0.2, 0.25) is 0 Å². The van der Waals surface area contributed by atoms with E-state index in [0.717, 1.165) is 72.9 Å². The lowest BCUT2D eigenvalue weighted by Gasteiger charge is -2.35.